The third-order valence-corrected chi connectivity index (χ3v) is 3.06. The van der Waals surface area contributed by atoms with Crippen molar-refractivity contribution in [1.29, 1.82) is 0 Å². The van der Waals surface area contributed by atoms with Crippen LogP contribution >= 0.6 is 38.5 Å². The smallest absolute Gasteiger partial charge is 0.166 e. The van der Waals surface area contributed by atoms with Crippen molar-refractivity contribution in [2.45, 2.75) is 10.6 Å². The van der Waals surface area contributed by atoms with Crippen LogP contribution in [0.1, 0.15) is 11.1 Å². The summed E-state index contributed by atoms with van der Waals surface area (Å²) in [7, 11) is 0. The Kier molecular flexibility index (Phi) is 3.62. The molecule has 0 saturated heterocycles. The molecule has 0 unspecified atom stereocenters. The van der Waals surface area contributed by atoms with Crippen LogP contribution in [0.4, 0.5) is 13.2 Å². The maximum Gasteiger partial charge on any atom is 0.416 e. The number of alkyl halides is 4. The van der Waals surface area contributed by atoms with E-state index in [-0.39, 0.29) is 0 Å². The summed E-state index contributed by atoms with van der Waals surface area (Å²) in [4.78, 5) is 0. The Hall–Kier alpha value is 0.220. The van der Waals surface area contributed by atoms with E-state index in [0.29, 0.717) is 14.5 Å². The fraction of sp³-hybridized carbons (Fsp3) is 0.250. The molecule has 0 aliphatic carbocycles. The van der Waals surface area contributed by atoms with Gasteiger partial charge in [-0.15, -0.1) is 0 Å². The fourth-order valence-corrected chi connectivity index (χ4v) is 2.81. The SMILES string of the molecule is FC(F)(F)c1cccc(Br)c1CI. The van der Waals surface area contributed by atoms with Crippen LogP contribution in [0.3, 0.4) is 0 Å². The minimum atomic E-state index is -4.26. The summed E-state index contributed by atoms with van der Waals surface area (Å²) in [6.07, 6.45) is -4.26. The van der Waals surface area contributed by atoms with Gasteiger partial charge in [-0.1, -0.05) is 44.6 Å². The molecule has 0 bridgehead atoms. The normalized spacial score (nSPS) is 11.8. The molecule has 0 N–H and O–H groups in total. The van der Waals surface area contributed by atoms with Gasteiger partial charge in [-0.05, 0) is 17.7 Å². The Labute approximate surface area is 95.8 Å². The molecule has 0 aromatic heterocycles. The Morgan fingerprint density at radius 3 is 2.31 bits per heavy atom. The lowest BCUT2D eigenvalue weighted by Gasteiger charge is -2.11. The van der Waals surface area contributed by atoms with Crippen molar-refractivity contribution in [1.82, 2.24) is 0 Å². The lowest BCUT2D eigenvalue weighted by molar-refractivity contribution is -0.138. The number of halogens is 5. The maximum atomic E-state index is 12.4. The highest BCUT2D eigenvalue weighted by Gasteiger charge is 2.33. The van der Waals surface area contributed by atoms with Gasteiger partial charge in [-0.2, -0.15) is 13.2 Å². The van der Waals surface area contributed by atoms with Crippen LogP contribution in [-0.4, -0.2) is 0 Å². The molecule has 1 aromatic rings. The average molecular weight is 365 g/mol. The van der Waals surface area contributed by atoms with Crippen LogP contribution < -0.4 is 0 Å². The quantitative estimate of drug-likeness (QED) is 0.511. The van der Waals surface area contributed by atoms with E-state index in [1.807, 2.05) is 22.6 Å². The Bertz CT molecular complexity index is 309. The maximum absolute atomic E-state index is 12.4. The van der Waals surface area contributed by atoms with Crippen molar-refractivity contribution in [3.05, 3.63) is 33.8 Å². The first kappa shape index (κ1) is 11.3. The van der Waals surface area contributed by atoms with Crippen molar-refractivity contribution in [2.24, 2.45) is 0 Å². The molecule has 1 rings (SSSR count). The highest BCUT2D eigenvalue weighted by atomic mass is 127. The molecule has 0 saturated carbocycles. The van der Waals surface area contributed by atoms with Crippen LogP contribution in [0.15, 0.2) is 22.7 Å². The highest BCUT2D eigenvalue weighted by Crippen LogP contribution is 2.35. The molecular formula is C8H5BrF3I. The first-order valence-electron chi connectivity index (χ1n) is 3.37. The van der Waals surface area contributed by atoms with Gasteiger partial charge in [0.15, 0.2) is 0 Å². The van der Waals surface area contributed by atoms with E-state index < -0.39 is 11.7 Å². The van der Waals surface area contributed by atoms with E-state index in [2.05, 4.69) is 15.9 Å². The summed E-state index contributed by atoms with van der Waals surface area (Å²) < 4.78 is 38.0. The molecule has 13 heavy (non-hydrogen) atoms. The number of hydrogen-bond acceptors (Lipinski definition) is 0. The third-order valence-electron chi connectivity index (χ3n) is 1.56. The molecule has 0 atom stereocenters. The zero-order valence-corrected chi connectivity index (χ0v) is 10.1. The van der Waals surface area contributed by atoms with Crippen molar-refractivity contribution >= 4 is 38.5 Å². The van der Waals surface area contributed by atoms with Gasteiger partial charge < -0.3 is 0 Å². The second kappa shape index (κ2) is 4.16. The molecule has 0 aliphatic rings. The first-order chi connectivity index (χ1) is 5.96. The molecule has 72 valence electrons. The van der Waals surface area contributed by atoms with Gasteiger partial charge in [0.25, 0.3) is 0 Å². The lowest BCUT2D eigenvalue weighted by atomic mass is 10.1. The topological polar surface area (TPSA) is 0 Å². The number of rotatable bonds is 1. The van der Waals surface area contributed by atoms with Gasteiger partial charge in [0.1, 0.15) is 0 Å². The fourth-order valence-electron chi connectivity index (χ4n) is 0.960. The van der Waals surface area contributed by atoms with E-state index in [0.717, 1.165) is 6.07 Å². The molecule has 1 aromatic carbocycles. The predicted molar refractivity (Wildman–Crippen MR) is 56.9 cm³/mol. The predicted octanol–water partition coefficient (Wildman–Crippen LogP) is 4.40. The molecule has 5 heteroatoms. The van der Waals surface area contributed by atoms with Crippen LogP contribution in [0.5, 0.6) is 0 Å². The lowest BCUT2D eigenvalue weighted by Crippen LogP contribution is -2.08. The summed E-state index contributed by atoms with van der Waals surface area (Å²) in [5.74, 6) is 0. The van der Waals surface area contributed by atoms with Gasteiger partial charge in [0, 0.05) is 8.90 Å². The summed E-state index contributed by atoms with van der Waals surface area (Å²) in [6.45, 7) is 0. The molecule has 0 radical (unpaired) electrons. The minimum Gasteiger partial charge on any atom is -0.166 e. The first-order valence-corrected chi connectivity index (χ1v) is 5.69. The van der Waals surface area contributed by atoms with Gasteiger partial charge >= 0.3 is 6.18 Å². The van der Waals surface area contributed by atoms with Gasteiger partial charge in [-0.25, -0.2) is 0 Å². The van der Waals surface area contributed by atoms with Crippen molar-refractivity contribution in [3.8, 4) is 0 Å². The Morgan fingerprint density at radius 1 is 1.31 bits per heavy atom. The second-order valence-corrected chi connectivity index (χ2v) is 4.01. The van der Waals surface area contributed by atoms with E-state index >= 15 is 0 Å². The van der Waals surface area contributed by atoms with Gasteiger partial charge in [0.2, 0.25) is 0 Å². The Balaban J connectivity index is 3.29. The molecule has 0 nitrogen and oxygen atoms in total. The average Bonchev–Trinajstić information content (AvgIpc) is 2.02. The van der Waals surface area contributed by atoms with E-state index in [4.69, 9.17) is 0 Å². The standard InChI is InChI=1S/C8H5BrF3I/c9-7-3-1-2-6(5(7)4-13)8(10,11)12/h1-3H,4H2. The summed E-state index contributed by atoms with van der Waals surface area (Å²) in [5, 5.41) is 0. The summed E-state index contributed by atoms with van der Waals surface area (Å²) in [6, 6.07) is 4.10. The van der Waals surface area contributed by atoms with Crippen molar-refractivity contribution < 1.29 is 13.2 Å². The zero-order valence-electron chi connectivity index (χ0n) is 6.33. The minimum absolute atomic E-state index is 0.301. The van der Waals surface area contributed by atoms with Gasteiger partial charge in [0.05, 0.1) is 5.56 Å². The van der Waals surface area contributed by atoms with Crippen molar-refractivity contribution in [3.63, 3.8) is 0 Å². The summed E-state index contributed by atoms with van der Waals surface area (Å²) >= 11 is 5.01. The molecule has 0 amide bonds. The van der Waals surface area contributed by atoms with Crippen LogP contribution in [-0.2, 0) is 10.6 Å². The van der Waals surface area contributed by atoms with E-state index in [1.54, 1.807) is 6.07 Å². The molecule has 0 aliphatic heterocycles. The molecule has 0 fully saturated rings. The van der Waals surface area contributed by atoms with Crippen LogP contribution in [0.2, 0.25) is 0 Å². The van der Waals surface area contributed by atoms with Crippen molar-refractivity contribution in [2.75, 3.05) is 0 Å². The highest BCUT2D eigenvalue weighted by molar-refractivity contribution is 14.1. The van der Waals surface area contributed by atoms with Crippen LogP contribution in [0.25, 0.3) is 0 Å². The Morgan fingerprint density at radius 2 is 1.92 bits per heavy atom. The monoisotopic (exact) mass is 364 g/mol. The van der Waals surface area contributed by atoms with Gasteiger partial charge in [-0.3, -0.25) is 0 Å². The van der Waals surface area contributed by atoms with E-state index in [9.17, 15) is 13.2 Å². The van der Waals surface area contributed by atoms with Crippen LogP contribution in [0, 0.1) is 0 Å². The number of hydrogen-bond donors (Lipinski definition) is 0. The molecule has 0 heterocycles. The zero-order chi connectivity index (χ0) is 10.1. The molecular weight excluding hydrogens is 360 g/mol. The summed E-state index contributed by atoms with van der Waals surface area (Å²) in [5.41, 5.74) is -0.258. The number of benzene rings is 1. The molecule has 0 spiro atoms. The van der Waals surface area contributed by atoms with E-state index in [1.165, 1.54) is 6.07 Å². The second-order valence-electron chi connectivity index (χ2n) is 2.40. The third kappa shape index (κ3) is 2.59. The largest absolute Gasteiger partial charge is 0.416 e.